The van der Waals surface area contributed by atoms with E-state index in [1.807, 2.05) is 0 Å². The average molecular weight is 360 g/mol. The summed E-state index contributed by atoms with van der Waals surface area (Å²) in [5.41, 5.74) is 1.04. The SMILES string of the molecule is CNC(c1cc(F)c(F)c(F)c1)c1ccc(OC)cc1Br. The van der Waals surface area contributed by atoms with E-state index < -0.39 is 23.5 Å². The molecule has 0 aliphatic carbocycles. The lowest BCUT2D eigenvalue weighted by atomic mass is 9.98. The number of rotatable bonds is 4. The summed E-state index contributed by atoms with van der Waals surface area (Å²) in [4.78, 5) is 0. The Kier molecular flexibility index (Phi) is 4.90. The molecule has 21 heavy (non-hydrogen) atoms. The Morgan fingerprint density at radius 2 is 1.71 bits per heavy atom. The Balaban J connectivity index is 2.49. The Hall–Kier alpha value is -1.53. The molecule has 2 aromatic rings. The largest absolute Gasteiger partial charge is 0.497 e. The molecule has 2 nitrogen and oxygen atoms in total. The monoisotopic (exact) mass is 359 g/mol. The minimum Gasteiger partial charge on any atom is -0.497 e. The first-order valence-electron chi connectivity index (χ1n) is 6.13. The standard InChI is InChI=1S/C15H13BrF3NO/c1-20-15(8-5-12(17)14(19)13(18)6-8)10-4-3-9(21-2)7-11(10)16/h3-7,15,20H,1-2H3. The summed E-state index contributed by atoms with van der Waals surface area (Å²) in [6.07, 6.45) is 0. The van der Waals surface area contributed by atoms with Crippen molar-refractivity contribution in [2.45, 2.75) is 6.04 Å². The van der Waals surface area contributed by atoms with Gasteiger partial charge in [0.25, 0.3) is 0 Å². The quantitative estimate of drug-likeness (QED) is 0.826. The molecule has 1 atom stereocenters. The number of hydrogen-bond donors (Lipinski definition) is 1. The number of nitrogens with one attached hydrogen (secondary N) is 1. The van der Waals surface area contributed by atoms with E-state index in [0.29, 0.717) is 15.8 Å². The van der Waals surface area contributed by atoms with E-state index in [1.54, 1.807) is 32.4 Å². The van der Waals surface area contributed by atoms with Crippen LogP contribution in [0.4, 0.5) is 13.2 Å². The molecular formula is C15H13BrF3NO. The van der Waals surface area contributed by atoms with Gasteiger partial charge < -0.3 is 10.1 Å². The third-order valence-electron chi connectivity index (χ3n) is 3.15. The molecule has 0 bridgehead atoms. The highest BCUT2D eigenvalue weighted by Crippen LogP contribution is 2.32. The Morgan fingerprint density at radius 3 is 2.19 bits per heavy atom. The number of hydrogen-bond acceptors (Lipinski definition) is 2. The van der Waals surface area contributed by atoms with Crippen LogP contribution >= 0.6 is 15.9 Å². The van der Waals surface area contributed by atoms with Crippen molar-refractivity contribution < 1.29 is 17.9 Å². The molecule has 0 aliphatic heterocycles. The molecule has 0 spiro atoms. The van der Waals surface area contributed by atoms with E-state index in [-0.39, 0.29) is 0 Å². The van der Waals surface area contributed by atoms with Crippen LogP contribution in [0.1, 0.15) is 17.2 Å². The second kappa shape index (κ2) is 6.49. The van der Waals surface area contributed by atoms with E-state index in [2.05, 4.69) is 21.2 Å². The normalized spacial score (nSPS) is 12.3. The average Bonchev–Trinajstić information content (AvgIpc) is 2.46. The maximum Gasteiger partial charge on any atom is 0.194 e. The van der Waals surface area contributed by atoms with Crippen LogP contribution < -0.4 is 10.1 Å². The van der Waals surface area contributed by atoms with Crippen LogP contribution in [-0.2, 0) is 0 Å². The first-order chi connectivity index (χ1) is 9.97. The van der Waals surface area contributed by atoms with Gasteiger partial charge in [-0.1, -0.05) is 22.0 Å². The number of ether oxygens (including phenoxy) is 1. The summed E-state index contributed by atoms with van der Waals surface area (Å²) in [6.45, 7) is 0. The smallest absolute Gasteiger partial charge is 0.194 e. The predicted molar refractivity (Wildman–Crippen MR) is 77.9 cm³/mol. The number of halogens is 4. The summed E-state index contributed by atoms with van der Waals surface area (Å²) in [7, 11) is 3.20. The minimum atomic E-state index is -1.47. The zero-order valence-corrected chi connectivity index (χ0v) is 13.0. The van der Waals surface area contributed by atoms with Crippen molar-refractivity contribution in [1.82, 2.24) is 5.32 Å². The van der Waals surface area contributed by atoms with Crippen molar-refractivity contribution >= 4 is 15.9 Å². The van der Waals surface area contributed by atoms with Crippen molar-refractivity contribution in [3.05, 3.63) is 63.4 Å². The first kappa shape index (κ1) is 15.9. The molecule has 0 saturated carbocycles. The highest BCUT2D eigenvalue weighted by molar-refractivity contribution is 9.10. The topological polar surface area (TPSA) is 21.3 Å². The van der Waals surface area contributed by atoms with Gasteiger partial charge in [0.1, 0.15) is 5.75 Å². The zero-order chi connectivity index (χ0) is 15.6. The molecule has 0 amide bonds. The highest BCUT2D eigenvalue weighted by atomic mass is 79.9. The van der Waals surface area contributed by atoms with E-state index in [1.165, 1.54) is 0 Å². The van der Waals surface area contributed by atoms with Gasteiger partial charge in [0, 0.05) is 4.47 Å². The molecule has 2 aromatic carbocycles. The molecule has 112 valence electrons. The fourth-order valence-corrected chi connectivity index (χ4v) is 2.70. The molecular weight excluding hydrogens is 347 g/mol. The van der Waals surface area contributed by atoms with Crippen molar-refractivity contribution in [1.29, 1.82) is 0 Å². The molecule has 0 aromatic heterocycles. The highest BCUT2D eigenvalue weighted by Gasteiger charge is 2.19. The Bertz CT molecular complexity index is 640. The first-order valence-corrected chi connectivity index (χ1v) is 6.92. The number of methoxy groups -OCH3 is 1. The van der Waals surface area contributed by atoms with Crippen molar-refractivity contribution in [2.24, 2.45) is 0 Å². The lowest BCUT2D eigenvalue weighted by Crippen LogP contribution is -2.19. The third-order valence-corrected chi connectivity index (χ3v) is 3.83. The fourth-order valence-electron chi connectivity index (χ4n) is 2.11. The summed E-state index contributed by atoms with van der Waals surface area (Å²) in [5.74, 6) is -3.25. The minimum absolute atomic E-state index is 0.291. The van der Waals surface area contributed by atoms with Crippen LogP contribution in [-0.4, -0.2) is 14.2 Å². The van der Waals surface area contributed by atoms with E-state index in [4.69, 9.17) is 4.74 Å². The van der Waals surface area contributed by atoms with Gasteiger partial charge >= 0.3 is 0 Å². The summed E-state index contributed by atoms with van der Waals surface area (Å²) in [6, 6.07) is 6.72. The second-order valence-corrected chi connectivity index (χ2v) is 5.26. The zero-order valence-electron chi connectivity index (χ0n) is 11.4. The molecule has 0 radical (unpaired) electrons. The van der Waals surface area contributed by atoms with E-state index >= 15 is 0 Å². The lowest BCUT2D eigenvalue weighted by molar-refractivity contribution is 0.414. The van der Waals surface area contributed by atoms with Gasteiger partial charge in [-0.05, 0) is 42.4 Å². The van der Waals surface area contributed by atoms with E-state index in [0.717, 1.165) is 17.7 Å². The molecule has 2 rings (SSSR count). The number of benzene rings is 2. The molecule has 0 fully saturated rings. The van der Waals surface area contributed by atoms with Gasteiger partial charge in [-0.3, -0.25) is 0 Å². The van der Waals surface area contributed by atoms with E-state index in [9.17, 15) is 13.2 Å². The Morgan fingerprint density at radius 1 is 1.10 bits per heavy atom. The van der Waals surface area contributed by atoms with Crippen LogP contribution in [0.3, 0.4) is 0 Å². The molecule has 1 N–H and O–H groups in total. The molecule has 0 heterocycles. The maximum atomic E-state index is 13.4. The van der Waals surface area contributed by atoms with Gasteiger partial charge in [0.2, 0.25) is 0 Å². The maximum absolute atomic E-state index is 13.4. The summed E-state index contributed by atoms with van der Waals surface area (Å²) < 4.78 is 45.7. The van der Waals surface area contributed by atoms with Gasteiger partial charge in [-0.15, -0.1) is 0 Å². The van der Waals surface area contributed by atoms with Crippen LogP contribution in [0.25, 0.3) is 0 Å². The molecule has 6 heteroatoms. The van der Waals surface area contributed by atoms with Crippen molar-refractivity contribution in [2.75, 3.05) is 14.2 Å². The summed E-state index contributed by atoms with van der Waals surface area (Å²) >= 11 is 3.40. The van der Waals surface area contributed by atoms with Gasteiger partial charge in [-0.25, -0.2) is 13.2 Å². The van der Waals surface area contributed by atoms with Gasteiger partial charge in [0.15, 0.2) is 17.5 Å². The van der Waals surface area contributed by atoms with Crippen molar-refractivity contribution in [3.63, 3.8) is 0 Å². The van der Waals surface area contributed by atoms with Gasteiger partial charge in [-0.2, -0.15) is 0 Å². The fraction of sp³-hybridized carbons (Fsp3) is 0.200. The molecule has 0 saturated heterocycles. The van der Waals surface area contributed by atoms with Crippen LogP contribution in [0.15, 0.2) is 34.8 Å². The second-order valence-electron chi connectivity index (χ2n) is 4.41. The molecule has 0 aliphatic rings. The lowest BCUT2D eigenvalue weighted by Gasteiger charge is -2.19. The predicted octanol–water partition coefficient (Wildman–Crippen LogP) is 4.18. The molecule has 1 unspecified atom stereocenters. The van der Waals surface area contributed by atoms with Crippen LogP contribution in [0.5, 0.6) is 5.75 Å². The Labute approximate surface area is 129 Å². The third kappa shape index (κ3) is 3.22. The van der Waals surface area contributed by atoms with Gasteiger partial charge in [0.05, 0.1) is 13.2 Å². The van der Waals surface area contributed by atoms with Crippen molar-refractivity contribution in [3.8, 4) is 5.75 Å². The van der Waals surface area contributed by atoms with Crippen LogP contribution in [0.2, 0.25) is 0 Å². The summed E-state index contributed by atoms with van der Waals surface area (Å²) in [5, 5.41) is 2.96. The van der Waals surface area contributed by atoms with Crippen LogP contribution in [0, 0.1) is 17.5 Å².